The fraction of sp³-hybridized carbons (Fsp3) is 0.533. The molecule has 0 radical (unpaired) electrons. The molecule has 1 aromatic carbocycles. The Kier molecular flexibility index (Phi) is 5.15. The van der Waals surface area contributed by atoms with Crippen LogP contribution in [-0.2, 0) is 24.5 Å². The number of hydrogen-bond donors (Lipinski definition) is 0. The van der Waals surface area contributed by atoms with Gasteiger partial charge in [0, 0.05) is 19.5 Å². The SMILES string of the molecule is Cc1ccc(S(=O)(=O)CCC(=O)N(C)[C@H]2CCS(=O)(=O)C2)cc1. The van der Waals surface area contributed by atoms with Gasteiger partial charge in [-0.15, -0.1) is 0 Å². The zero-order chi connectivity index (χ0) is 17.3. The second-order valence-electron chi connectivity index (χ2n) is 5.94. The molecule has 0 saturated carbocycles. The zero-order valence-electron chi connectivity index (χ0n) is 13.2. The van der Waals surface area contributed by atoms with Gasteiger partial charge in [0.2, 0.25) is 5.91 Å². The molecule has 0 unspecified atom stereocenters. The highest BCUT2D eigenvalue weighted by atomic mass is 32.2. The van der Waals surface area contributed by atoms with E-state index in [9.17, 15) is 21.6 Å². The van der Waals surface area contributed by atoms with E-state index in [1.165, 1.54) is 24.1 Å². The smallest absolute Gasteiger partial charge is 0.223 e. The summed E-state index contributed by atoms with van der Waals surface area (Å²) < 4.78 is 47.4. The van der Waals surface area contributed by atoms with Crippen LogP contribution in [-0.4, -0.2) is 58.0 Å². The normalized spacial score (nSPS) is 20.3. The Morgan fingerprint density at radius 3 is 2.39 bits per heavy atom. The maximum atomic E-state index is 12.2. The molecule has 1 fully saturated rings. The highest BCUT2D eigenvalue weighted by Crippen LogP contribution is 2.18. The number of sulfone groups is 2. The average molecular weight is 359 g/mol. The summed E-state index contributed by atoms with van der Waals surface area (Å²) in [6, 6.07) is 6.13. The summed E-state index contributed by atoms with van der Waals surface area (Å²) in [5, 5.41) is 0. The molecule has 23 heavy (non-hydrogen) atoms. The fourth-order valence-electron chi connectivity index (χ4n) is 2.55. The van der Waals surface area contributed by atoms with E-state index in [0.29, 0.717) is 6.42 Å². The van der Waals surface area contributed by atoms with Crippen LogP contribution in [0.5, 0.6) is 0 Å². The Hall–Kier alpha value is -1.41. The van der Waals surface area contributed by atoms with E-state index < -0.39 is 19.7 Å². The molecule has 0 aliphatic carbocycles. The highest BCUT2D eigenvalue weighted by Gasteiger charge is 2.32. The molecule has 1 atom stereocenters. The summed E-state index contributed by atoms with van der Waals surface area (Å²) in [4.78, 5) is 13.7. The lowest BCUT2D eigenvalue weighted by Gasteiger charge is -2.23. The van der Waals surface area contributed by atoms with Crippen LogP contribution in [0.4, 0.5) is 0 Å². The molecule has 0 N–H and O–H groups in total. The van der Waals surface area contributed by atoms with Crippen molar-refractivity contribution in [2.45, 2.75) is 30.7 Å². The molecular weight excluding hydrogens is 338 g/mol. The zero-order valence-corrected chi connectivity index (χ0v) is 14.9. The lowest BCUT2D eigenvalue weighted by atomic mass is 10.2. The van der Waals surface area contributed by atoms with Crippen LogP contribution in [0.15, 0.2) is 29.2 Å². The van der Waals surface area contributed by atoms with Crippen LogP contribution in [0.2, 0.25) is 0 Å². The number of carbonyl (C=O) groups excluding carboxylic acids is 1. The van der Waals surface area contributed by atoms with Crippen molar-refractivity contribution >= 4 is 25.6 Å². The monoisotopic (exact) mass is 359 g/mol. The number of hydrogen-bond acceptors (Lipinski definition) is 5. The summed E-state index contributed by atoms with van der Waals surface area (Å²) >= 11 is 0. The second-order valence-corrected chi connectivity index (χ2v) is 10.3. The maximum Gasteiger partial charge on any atom is 0.223 e. The van der Waals surface area contributed by atoms with Crippen LogP contribution in [0.25, 0.3) is 0 Å². The van der Waals surface area contributed by atoms with E-state index >= 15 is 0 Å². The lowest BCUT2D eigenvalue weighted by molar-refractivity contribution is -0.131. The van der Waals surface area contributed by atoms with Gasteiger partial charge in [-0.1, -0.05) is 17.7 Å². The van der Waals surface area contributed by atoms with Crippen LogP contribution >= 0.6 is 0 Å². The third-order valence-corrected chi connectivity index (χ3v) is 7.60. The minimum Gasteiger partial charge on any atom is -0.342 e. The third kappa shape index (κ3) is 4.54. The molecule has 1 saturated heterocycles. The van der Waals surface area contributed by atoms with E-state index in [4.69, 9.17) is 0 Å². The van der Waals surface area contributed by atoms with Crippen molar-refractivity contribution in [3.8, 4) is 0 Å². The molecule has 1 aromatic rings. The van der Waals surface area contributed by atoms with Crippen molar-refractivity contribution < 1.29 is 21.6 Å². The minimum absolute atomic E-state index is 0.0417. The van der Waals surface area contributed by atoms with Gasteiger partial charge in [0.1, 0.15) is 0 Å². The summed E-state index contributed by atoms with van der Waals surface area (Å²) in [5.74, 6) is -0.585. The molecule has 0 spiro atoms. The van der Waals surface area contributed by atoms with E-state index in [2.05, 4.69) is 0 Å². The van der Waals surface area contributed by atoms with Crippen LogP contribution in [0.3, 0.4) is 0 Å². The van der Waals surface area contributed by atoms with E-state index in [1.54, 1.807) is 12.1 Å². The number of aryl methyl sites for hydroxylation is 1. The van der Waals surface area contributed by atoms with Crippen molar-refractivity contribution in [2.75, 3.05) is 24.3 Å². The highest BCUT2D eigenvalue weighted by molar-refractivity contribution is 7.91. The average Bonchev–Trinajstić information content (AvgIpc) is 2.84. The van der Waals surface area contributed by atoms with E-state index in [1.807, 2.05) is 6.92 Å². The number of benzene rings is 1. The molecule has 1 aliphatic rings. The van der Waals surface area contributed by atoms with Crippen molar-refractivity contribution in [1.29, 1.82) is 0 Å². The molecule has 1 heterocycles. The van der Waals surface area contributed by atoms with Crippen molar-refractivity contribution in [3.05, 3.63) is 29.8 Å². The third-order valence-electron chi connectivity index (χ3n) is 4.11. The van der Waals surface area contributed by atoms with Crippen molar-refractivity contribution in [3.63, 3.8) is 0 Å². The summed E-state index contributed by atoms with van der Waals surface area (Å²) in [7, 11) is -5.06. The van der Waals surface area contributed by atoms with Gasteiger partial charge < -0.3 is 4.90 Å². The van der Waals surface area contributed by atoms with Crippen LogP contribution < -0.4 is 0 Å². The molecule has 6 nitrogen and oxygen atoms in total. The lowest BCUT2D eigenvalue weighted by Crippen LogP contribution is -2.38. The van der Waals surface area contributed by atoms with Crippen molar-refractivity contribution in [2.24, 2.45) is 0 Å². The number of rotatable bonds is 5. The summed E-state index contributed by atoms with van der Waals surface area (Å²) in [6.45, 7) is 1.87. The Morgan fingerprint density at radius 1 is 1.26 bits per heavy atom. The predicted octanol–water partition coefficient (Wildman–Crippen LogP) is 0.804. The molecule has 0 aromatic heterocycles. The molecule has 1 amide bonds. The Balaban J connectivity index is 1.97. The number of amides is 1. The van der Waals surface area contributed by atoms with E-state index in [0.717, 1.165) is 5.56 Å². The topological polar surface area (TPSA) is 88.6 Å². The van der Waals surface area contributed by atoms with Crippen molar-refractivity contribution in [1.82, 2.24) is 4.90 Å². The van der Waals surface area contributed by atoms with Gasteiger partial charge in [0.05, 0.1) is 22.2 Å². The summed E-state index contributed by atoms with van der Waals surface area (Å²) in [6.07, 6.45) is 0.262. The fourth-order valence-corrected chi connectivity index (χ4v) is 5.55. The first-order chi connectivity index (χ1) is 10.6. The van der Waals surface area contributed by atoms with Gasteiger partial charge in [0.25, 0.3) is 0 Å². The van der Waals surface area contributed by atoms with Gasteiger partial charge in [-0.3, -0.25) is 4.79 Å². The minimum atomic E-state index is -3.52. The van der Waals surface area contributed by atoms with Gasteiger partial charge in [-0.25, -0.2) is 16.8 Å². The summed E-state index contributed by atoms with van der Waals surface area (Å²) in [5.41, 5.74) is 0.960. The van der Waals surface area contributed by atoms with Crippen LogP contribution in [0.1, 0.15) is 18.4 Å². The molecule has 8 heteroatoms. The maximum absolute atomic E-state index is 12.2. The molecule has 2 rings (SSSR count). The first kappa shape index (κ1) is 17.9. The van der Waals surface area contributed by atoms with Crippen LogP contribution in [0, 0.1) is 6.92 Å². The Morgan fingerprint density at radius 2 is 1.87 bits per heavy atom. The molecule has 1 aliphatic heterocycles. The molecule has 128 valence electrons. The Bertz CT molecular complexity index is 782. The van der Waals surface area contributed by atoms with E-state index in [-0.39, 0.29) is 40.5 Å². The van der Waals surface area contributed by atoms with Gasteiger partial charge in [-0.2, -0.15) is 0 Å². The molecular formula is C15H21NO5S2. The first-order valence-corrected chi connectivity index (χ1v) is 10.8. The molecule has 0 bridgehead atoms. The first-order valence-electron chi connectivity index (χ1n) is 7.36. The second kappa shape index (κ2) is 6.60. The largest absolute Gasteiger partial charge is 0.342 e. The van der Waals surface area contributed by atoms with Gasteiger partial charge >= 0.3 is 0 Å². The number of nitrogens with zero attached hydrogens (tertiary/aromatic N) is 1. The van der Waals surface area contributed by atoms with Gasteiger partial charge in [-0.05, 0) is 25.5 Å². The van der Waals surface area contributed by atoms with Gasteiger partial charge in [0.15, 0.2) is 19.7 Å². The predicted molar refractivity (Wildman–Crippen MR) is 87.7 cm³/mol. The number of carbonyl (C=O) groups is 1. The standard InChI is InChI=1S/C15H21NO5S2/c1-12-3-5-14(6-4-12)23(20,21)10-8-15(17)16(2)13-7-9-22(18,19)11-13/h3-6,13H,7-11H2,1-2H3/t13-/m0/s1. The Labute approximate surface area is 137 Å². The quantitative estimate of drug-likeness (QED) is 0.776.